The van der Waals surface area contributed by atoms with Crippen molar-refractivity contribution in [2.75, 3.05) is 20.2 Å². The highest BCUT2D eigenvalue weighted by Gasteiger charge is 2.22. The van der Waals surface area contributed by atoms with Gasteiger partial charge in [-0.1, -0.05) is 0 Å². The first-order valence-electron chi connectivity index (χ1n) is 4.65. The first-order valence-corrected chi connectivity index (χ1v) is 4.65. The molecule has 5 nitrogen and oxygen atoms in total. The van der Waals surface area contributed by atoms with Gasteiger partial charge < -0.3 is 10.1 Å². The maximum absolute atomic E-state index is 11.3. The second kappa shape index (κ2) is 3.79. The van der Waals surface area contributed by atoms with Crippen molar-refractivity contribution in [3.63, 3.8) is 0 Å². The van der Waals surface area contributed by atoms with Crippen LogP contribution in [0.3, 0.4) is 0 Å². The summed E-state index contributed by atoms with van der Waals surface area (Å²) in [5, 5.41) is 7.37. The highest BCUT2D eigenvalue weighted by molar-refractivity contribution is 5.87. The van der Waals surface area contributed by atoms with Gasteiger partial charge in [0.05, 0.1) is 13.2 Å². The number of carbonyl (C=O) groups excluding carboxylic acids is 1. The van der Waals surface area contributed by atoms with Gasteiger partial charge >= 0.3 is 5.97 Å². The Hall–Kier alpha value is -1.36. The Bertz CT molecular complexity index is 329. The van der Waals surface area contributed by atoms with E-state index in [0.29, 0.717) is 5.69 Å². The van der Waals surface area contributed by atoms with Crippen LogP contribution in [0.5, 0.6) is 0 Å². The van der Waals surface area contributed by atoms with Gasteiger partial charge in [-0.05, 0) is 19.0 Å². The van der Waals surface area contributed by atoms with E-state index in [0.717, 1.165) is 19.5 Å². The molecule has 1 unspecified atom stereocenters. The van der Waals surface area contributed by atoms with Crippen molar-refractivity contribution in [3.8, 4) is 0 Å². The summed E-state index contributed by atoms with van der Waals surface area (Å²) >= 11 is 0. The summed E-state index contributed by atoms with van der Waals surface area (Å²) in [6, 6.07) is 1.96. The van der Waals surface area contributed by atoms with E-state index in [1.165, 1.54) is 7.11 Å². The summed E-state index contributed by atoms with van der Waals surface area (Å²) in [6.07, 6.45) is 2.64. The lowest BCUT2D eigenvalue weighted by Gasteiger charge is -2.11. The fourth-order valence-corrected chi connectivity index (χ4v) is 1.72. The minimum atomic E-state index is -0.325. The second-order valence-corrected chi connectivity index (χ2v) is 3.30. The zero-order chi connectivity index (χ0) is 9.97. The molecule has 1 atom stereocenters. The van der Waals surface area contributed by atoms with E-state index in [-0.39, 0.29) is 12.0 Å². The Labute approximate surface area is 82.0 Å². The van der Waals surface area contributed by atoms with Crippen LogP contribution < -0.4 is 5.32 Å². The smallest absolute Gasteiger partial charge is 0.356 e. The highest BCUT2D eigenvalue weighted by atomic mass is 16.5. The fraction of sp³-hybridized carbons (Fsp3) is 0.556. The molecule has 0 amide bonds. The third kappa shape index (κ3) is 1.50. The lowest BCUT2D eigenvalue weighted by molar-refractivity contribution is 0.0584. The van der Waals surface area contributed by atoms with Crippen LogP contribution in [0.1, 0.15) is 23.0 Å². The van der Waals surface area contributed by atoms with Gasteiger partial charge in [0.1, 0.15) is 5.69 Å². The normalized spacial score (nSPS) is 21.1. The molecular formula is C9H13N3O2. The molecule has 0 spiro atoms. The number of ether oxygens (including phenoxy) is 1. The van der Waals surface area contributed by atoms with Crippen LogP contribution in [0.15, 0.2) is 12.3 Å². The Morgan fingerprint density at radius 2 is 2.64 bits per heavy atom. The monoisotopic (exact) mass is 195 g/mol. The molecule has 0 aromatic carbocycles. The SMILES string of the molecule is COC(=O)c1ccnn1C1CCNC1. The van der Waals surface area contributed by atoms with Crippen molar-refractivity contribution >= 4 is 5.97 Å². The van der Waals surface area contributed by atoms with Gasteiger partial charge in [0.25, 0.3) is 0 Å². The summed E-state index contributed by atoms with van der Waals surface area (Å²) in [5.74, 6) is -0.325. The van der Waals surface area contributed by atoms with Crippen molar-refractivity contribution in [1.29, 1.82) is 0 Å². The van der Waals surface area contributed by atoms with E-state index in [4.69, 9.17) is 0 Å². The quantitative estimate of drug-likeness (QED) is 0.685. The van der Waals surface area contributed by atoms with E-state index in [9.17, 15) is 4.79 Å². The first kappa shape index (κ1) is 9.21. The number of methoxy groups -OCH3 is 1. The van der Waals surface area contributed by atoms with Gasteiger partial charge in [0, 0.05) is 12.7 Å². The van der Waals surface area contributed by atoms with Crippen LogP contribution in [0.4, 0.5) is 0 Å². The molecule has 0 radical (unpaired) electrons. The van der Waals surface area contributed by atoms with E-state index in [2.05, 4.69) is 15.2 Å². The zero-order valence-corrected chi connectivity index (χ0v) is 8.06. The number of rotatable bonds is 2. The molecule has 2 heterocycles. The topological polar surface area (TPSA) is 56.1 Å². The molecule has 1 fully saturated rings. The highest BCUT2D eigenvalue weighted by Crippen LogP contribution is 2.16. The lowest BCUT2D eigenvalue weighted by Crippen LogP contribution is -2.19. The van der Waals surface area contributed by atoms with Crippen molar-refractivity contribution in [2.24, 2.45) is 0 Å². The maximum atomic E-state index is 11.3. The molecule has 1 aliphatic rings. The predicted molar refractivity (Wildman–Crippen MR) is 50.1 cm³/mol. The molecule has 5 heteroatoms. The molecule has 0 saturated carbocycles. The number of hydrogen-bond donors (Lipinski definition) is 1. The number of esters is 1. The molecule has 2 rings (SSSR count). The van der Waals surface area contributed by atoms with E-state index < -0.39 is 0 Å². The van der Waals surface area contributed by atoms with Crippen LogP contribution in [0.2, 0.25) is 0 Å². The largest absolute Gasteiger partial charge is 0.464 e. The fourth-order valence-electron chi connectivity index (χ4n) is 1.72. The molecule has 76 valence electrons. The standard InChI is InChI=1S/C9H13N3O2/c1-14-9(13)8-3-5-11-12(8)7-2-4-10-6-7/h3,5,7,10H,2,4,6H2,1H3. The van der Waals surface area contributed by atoms with Crippen molar-refractivity contribution in [1.82, 2.24) is 15.1 Å². The third-order valence-electron chi connectivity index (χ3n) is 2.45. The molecule has 0 aliphatic carbocycles. The Morgan fingerprint density at radius 3 is 3.29 bits per heavy atom. The van der Waals surface area contributed by atoms with Gasteiger partial charge in [-0.25, -0.2) is 4.79 Å². The van der Waals surface area contributed by atoms with Gasteiger partial charge in [0.15, 0.2) is 0 Å². The van der Waals surface area contributed by atoms with Gasteiger partial charge in [0.2, 0.25) is 0 Å². The van der Waals surface area contributed by atoms with Gasteiger partial charge in [-0.15, -0.1) is 0 Å². The number of carbonyl (C=O) groups is 1. The average Bonchev–Trinajstić information content (AvgIpc) is 2.85. The summed E-state index contributed by atoms with van der Waals surface area (Å²) in [5.41, 5.74) is 0.529. The van der Waals surface area contributed by atoms with E-state index >= 15 is 0 Å². The average molecular weight is 195 g/mol. The number of nitrogens with one attached hydrogen (secondary N) is 1. The van der Waals surface area contributed by atoms with Crippen molar-refractivity contribution in [3.05, 3.63) is 18.0 Å². The van der Waals surface area contributed by atoms with Gasteiger partial charge in [-0.2, -0.15) is 5.10 Å². The molecule has 1 saturated heterocycles. The van der Waals surface area contributed by atoms with Crippen LogP contribution >= 0.6 is 0 Å². The lowest BCUT2D eigenvalue weighted by atomic mass is 10.2. The Balaban J connectivity index is 2.24. The van der Waals surface area contributed by atoms with Crippen molar-refractivity contribution in [2.45, 2.75) is 12.5 Å². The first-order chi connectivity index (χ1) is 6.83. The molecule has 1 N–H and O–H groups in total. The van der Waals surface area contributed by atoms with E-state index in [1.54, 1.807) is 16.9 Å². The van der Waals surface area contributed by atoms with Crippen LogP contribution in [0, 0.1) is 0 Å². The molecule has 1 aliphatic heterocycles. The molecule has 1 aromatic rings. The second-order valence-electron chi connectivity index (χ2n) is 3.30. The Morgan fingerprint density at radius 1 is 1.79 bits per heavy atom. The third-order valence-corrected chi connectivity index (χ3v) is 2.45. The van der Waals surface area contributed by atoms with Crippen LogP contribution in [-0.2, 0) is 4.74 Å². The molecule has 1 aromatic heterocycles. The molecular weight excluding hydrogens is 182 g/mol. The number of nitrogens with zero attached hydrogens (tertiary/aromatic N) is 2. The summed E-state index contributed by atoms with van der Waals surface area (Å²) in [6.45, 7) is 1.84. The summed E-state index contributed by atoms with van der Waals surface area (Å²) in [4.78, 5) is 11.3. The van der Waals surface area contributed by atoms with Crippen molar-refractivity contribution < 1.29 is 9.53 Å². The minimum absolute atomic E-state index is 0.277. The van der Waals surface area contributed by atoms with Crippen LogP contribution in [-0.4, -0.2) is 35.9 Å². The van der Waals surface area contributed by atoms with Gasteiger partial charge in [-0.3, -0.25) is 4.68 Å². The minimum Gasteiger partial charge on any atom is -0.464 e. The maximum Gasteiger partial charge on any atom is 0.356 e. The van der Waals surface area contributed by atoms with E-state index in [1.807, 2.05) is 0 Å². The molecule has 0 bridgehead atoms. The summed E-state index contributed by atoms with van der Waals surface area (Å²) < 4.78 is 6.42. The summed E-state index contributed by atoms with van der Waals surface area (Å²) in [7, 11) is 1.38. The Kier molecular flexibility index (Phi) is 2.49. The number of aromatic nitrogens is 2. The predicted octanol–water partition coefficient (Wildman–Crippen LogP) is 0.204. The zero-order valence-electron chi connectivity index (χ0n) is 8.06. The molecule has 14 heavy (non-hydrogen) atoms. The van der Waals surface area contributed by atoms with Crippen LogP contribution in [0.25, 0.3) is 0 Å². The number of hydrogen-bond acceptors (Lipinski definition) is 4.